The second-order valence-electron chi connectivity index (χ2n) is 4.83. The van der Waals surface area contributed by atoms with Gasteiger partial charge in [-0.05, 0) is 13.8 Å². The number of hydrogen-bond acceptors (Lipinski definition) is 6. The summed E-state index contributed by atoms with van der Waals surface area (Å²) in [4.78, 5) is 25.0. The molecule has 8 nitrogen and oxygen atoms in total. The predicted octanol–water partition coefficient (Wildman–Crippen LogP) is -2.15. The first-order valence-corrected chi connectivity index (χ1v) is 5.78. The molecular formula is C11H16N2O6. The van der Waals surface area contributed by atoms with Crippen LogP contribution in [-0.4, -0.2) is 49.3 Å². The molecule has 4 atom stereocenters. The lowest BCUT2D eigenvalue weighted by Crippen LogP contribution is -2.47. The van der Waals surface area contributed by atoms with Gasteiger partial charge in [0.25, 0.3) is 5.56 Å². The third-order valence-electron chi connectivity index (χ3n) is 3.34. The molecule has 0 bridgehead atoms. The maximum atomic E-state index is 11.8. The van der Waals surface area contributed by atoms with Crippen LogP contribution in [-0.2, 0) is 4.74 Å². The summed E-state index contributed by atoms with van der Waals surface area (Å²) in [5, 5.41) is 29.2. The van der Waals surface area contributed by atoms with Gasteiger partial charge in [-0.25, -0.2) is 4.79 Å². The molecule has 106 valence electrons. The van der Waals surface area contributed by atoms with Crippen LogP contribution in [0.1, 0.15) is 18.8 Å². The fourth-order valence-electron chi connectivity index (χ4n) is 2.28. The highest BCUT2D eigenvalue weighted by molar-refractivity contribution is 5.06. The number of aryl methyl sites for hydroxylation is 1. The zero-order valence-electron chi connectivity index (χ0n) is 10.5. The zero-order chi connectivity index (χ0) is 14.4. The molecule has 1 saturated heterocycles. The molecule has 1 aliphatic rings. The molecule has 0 aliphatic carbocycles. The number of aromatic nitrogens is 2. The van der Waals surface area contributed by atoms with Gasteiger partial charge in [0.2, 0.25) is 0 Å². The number of aliphatic hydroxyl groups excluding tert-OH is 2. The Bertz CT molecular complexity index is 590. The smallest absolute Gasteiger partial charge is 0.330 e. The van der Waals surface area contributed by atoms with E-state index in [1.165, 1.54) is 19.9 Å². The average molecular weight is 272 g/mol. The van der Waals surface area contributed by atoms with Crippen LogP contribution in [0.2, 0.25) is 0 Å². The van der Waals surface area contributed by atoms with Gasteiger partial charge in [-0.1, -0.05) is 0 Å². The molecule has 19 heavy (non-hydrogen) atoms. The number of aromatic amines is 1. The number of hydrogen-bond donors (Lipinski definition) is 4. The summed E-state index contributed by atoms with van der Waals surface area (Å²) in [6, 6.07) is 1.18. The van der Waals surface area contributed by atoms with E-state index in [2.05, 4.69) is 4.98 Å². The van der Waals surface area contributed by atoms with Crippen molar-refractivity contribution in [3.05, 3.63) is 32.6 Å². The maximum Gasteiger partial charge on any atom is 0.330 e. The summed E-state index contributed by atoms with van der Waals surface area (Å²) in [6.45, 7) is 2.31. The van der Waals surface area contributed by atoms with Crippen LogP contribution in [0, 0.1) is 6.92 Å². The van der Waals surface area contributed by atoms with Gasteiger partial charge in [0, 0.05) is 11.8 Å². The van der Waals surface area contributed by atoms with Crippen LogP contribution in [0.3, 0.4) is 0 Å². The first-order chi connectivity index (χ1) is 8.78. The SMILES string of the molecule is Cc1cc(=O)[nH]c(=O)n1[C@@H]1O[C@H](CO)[C@@H](O)[C@@]1(C)O. The lowest BCUT2D eigenvalue weighted by atomic mass is 9.96. The van der Waals surface area contributed by atoms with E-state index in [1.54, 1.807) is 0 Å². The van der Waals surface area contributed by atoms with Gasteiger partial charge >= 0.3 is 5.69 Å². The van der Waals surface area contributed by atoms with Crippen molar-refractivity contribution in [3.63, 3.8) is 0 Å². The fourth-order valence-corrected chi connectivity index (χ4v) is 2.28. The molecule has 0 amide bonds. The molecule has 0 aromatic carbocycles. The average Bonchev–Trinajstić information content (AvgIpc) is 2.51. The standard InChI is InChI=1S/C11H16N2O6/c1-5-3-7(15)12-10(17)13(5)9-11(2,18)8(16)6(4-14)19-9/h3,6,8-9,14,16,18H,4H2,1-2H3,(H,12,15,17)/t6-,8-,9-,11-/m1/s1. The third-order valence-corrected chi connectivity index (χ3v) is 3.34. The second kappa shape index (κ2) is 4.57. The number of aliphatic hydroxyl groups is 3. The summed E-state index contributed by atoms with van der Waals surface area (Å²) in [7, 11) is 0. The normalized spacial score (nSPS) is 34.7. The summed E-state index contributed by atoms with van der Waals surface area (Å²) >= 11 is 0. The van der Waals surface area contributed by atoms with Gasteiger partial charge in [0.05, 0.1) is 6.61 Å². The Balaban J connectivity index is 2.54. The van der Waals surface area contributed by atoms with E-state index in [9.17, 15) is 19.8 Å². The molecule has 1 aromatic rings. The first kappa shape index (κ1) is 13.9. The number of nitrogens with one attached hydrogen (secondary N) is 1. The quantitative estimate of drug-likeness (QED) is 0.486. The van der Waals surface area contributed by atoms with Crippen molar-refractivity contribution in [2.45, 2.75) is 37.9 Å². The van der Waals surface area contributed by atoms with E-state index in [4.69, 9.17) is 9.84 Å². The molecule has 0 unspecified atom stereocenters. The largest absolute Gasteiger partial charge is 0.394 e. The molecule has 8 heteroatoms. The molecule has 2 heterocycles. The van der Waals surface area contributed by atoms with Crippen LogP contribution < -0.4 is 11.2 Å². The van der Waals surface area contributed by atoms with Crippen molar-refractivity contribution in [3.8, 4) is 0 Å². The Labute approximate surface area is 107 Å². The van der Waals surface area contributed by atoms with E-state index in [-0.39, 0.29) is 5.69 Å². The maximum absolute atomic E-state index is 11.8. The lowest BCUT2D eigenvalue weighted by Gasteiger charge is -2.28. The van der Waals surface area contributed by atoms with Crippen LogP contribution in [0.4, 0.5) is 0 Å². The summed E-state index contributed by atoms with van der Waals surface area (Å²) in [5.41, 5.74) is -2.79. The van der Waals surface area contributed by atoms with Crippen LogP contribution >= 0.6 is 0 Å². The van der Waals surface area contributed by atoms with E-state index in [1.807, 2.05) is 0 Å². The minimum absolute atomic E-state index is 0.282. The molecule has 1 aliphatic heterocycles. The summed E-state index contributed by atoms with van der Waals surface area (Å²) in [6.07, 6.45) is -3.54. The predicted molar refractivity (Wildman–Crippen MR) is 63.7 cm³/mol. The molecular weight excluding hydrogens is 256 g/mol. The van der Waals surface area contributed by atoms with Gasteiger partial charge in [0.15, 0.2) is 6.23 Å². The van der Waals surface area contributed by atoms with Crippen molar-refractivity contribution < 1.29 is 20.1 Å². The van der Waals surface area contributed by atoms with Crippen molar-refractivity contribution in [1.29, 1.82) is 0 Å². The molecule has 0 spiro atoms. The van der Waals surface area contributed by atoms with Gasteiger partial charge in [-0.2, -0.15) is 0 Å². The molecule has 0 saturated carbocycles. The molecule has 2 rings (SSSR count). The van der Waals surface area contributed by atoms with E-state index in [0.29, 0.717) is 0 Å². The molecule has 0 radical (unpaired) electrons. The highest BCUT2D eigenvalue weighted by atomic mass is 16.6. The summed E-state index contributed by atoms with van der Waals surface area (Å²) in [5.74, 6) is 0. The minimum atomic E-state index is -1.76. The van der Waals surface area contributed by atoms with Gasteiger partial charge < -0.3 is 20.1 Å². The van der Waals surface area contributed by atoms with Crippen LogP contribution in [0.15, 0.2) is 15.7 Å². The number of ether oxygens (including phenoxy) is 1. The van der Waals surface area contributed by atoms with Crippen LogP contribution in [0.5, 0.6) is 0 Å². The van der Waals surface area contributed by atoms with Crippen molar-refractivity contribution >= 4 is 0 Å². The molecule has 1 fully saturated rings. The Morgan fingerprint density at radius 3 is 2.63 bits per heavy atom. The van der Waals surface area contributed by atoms with Crippen LogP contribution in [0.25, 0.3) is 0 Å². The van der Waals surface area contributed by atoms with E-state index < -0.39 is 41.9 Å². The fraction of sp³-hybridized carbons (Fsp3) is 0.636. The van der Waals surface area contributed by atoms with Crippen molar-refractivity contribution in [2.24, 2.45) is 0 Å². The Kier molecular flexibility index (Phi) is 3.35. The zero-order valence-corrected chi connectivity index (χ0v) is 10.5. The minimum Gasteiger partial charge on any atom is -0.394 e. The third kappa shape index (κ3) is 2.12. The van der Waals surface area contributed by atoms with Gasteiger partial charge in [0.1, 0.15) is 17.8 Å². The van der Waals surface area contributed by atoms with E-state index in [0.717, 1.165) is 4.57 Å². The summed E-state index contributed by atoms with van der Waals surface area (Å²) < 4.78 is 6.36. The Morgan fingerprint density at radius 2 is 2.16 bits per heavy atom. The van der Waals surface area contributed by atoms with Crippen molar-refractivity contribution in [1.82, 2.24) is 9.55 Å². The highest BCUT2D eigenvalue weighted by Crippen LogP contribution is 2.37. The number of rotatable bonds is 2. The Morgan fingerprint density at radius 1 is 1.53 bits per heavy atom. The number of H-pyrrole nitrogens is 1. The lowest BCUT2D eigenvalue weighted by molar-refractivity contribution is -0.0995. The molecule has 1 aromatic heterocycles. The van der Waals surface area contributed by atoms with E-state index >= 15 is 0 Å². The first-order valence-electron chi connectivity index (χ1n) is 5.78. The monoisotopic (exact) mass is 272 g/mol. The topological polar surface area (TPSA) is 125 Å². The Hall–Kier alpha value is -1.48. The van der Waals surface area contributed by atoms with Gasteiger partial charge in [-0.15, -0.1) is 0 Å². The highest BCUT2D eigenvalue weighted by Gasteiger charge is 2.53. The molecule has 4 N–H and O–H groups in total. The van der Waals surface area contributed by atoms with Crippen molar-refractivity contribution in [2.75, 3.05) is 6.61 Å². The second-order valence-corrected chi connectivity index (χ2v) is 4.83. The number of nitrogens with zero attached hydrogens (tertiary/aromatic N) is 1. The van der Waals surface area contributed by atoms with Gasteiger partial charge in [-0.3, -0.25) is 14.3 Å².